The van der Waals surface area contributed by atoms with E-state index in [1.54, 1.807) is 12.4 Å². The molecule has 0 N–H and O–H groups in total. The summed E-state index contributed by atoms with van der Waals surface area (Å²) in [4.78, 5) is 8.39. The van der Waals surface area contributed by atoms with Gasteiger partial charge in [-0.15, -0.1) is 0 Å². The van der Waals surface area contributed by atoms with Crippen LogP contribution in [0.5, 0.6) is 11.5 Å². The number of pyridine rings is 2. The van der Waals surface area contributed by atoms with E-state index < -0.39 is 6.49 Å². The SMILES string of the molecule is CCP(=S)(Oc1ccc(C)nc1)Oc1ccc(C)nc1. The Labute approximate surface area is 124 Å². The van der Waals surface area contributed by atoms with E-state index in [-0.39, 0.29) is 0 Å². The van der Waals surface area contributed by atoms with E-state index in [4.69, 9.17) is 20.9 Å². The summed E-state index contributed by atoms with van der Waals surface area (Å²) in [6, 6.07) is 7.49. The third kappa shape index (κ3) is 4.02. The van der Waals surface area contributed by atoms with Gasteiger partial charge in [0.2, 0.25) is 0 Å². The zero-order valence-electron chi connectivity index (χ0n) is 11.7. The van der Waals surface area contributed by atoms with Crippen molar-refractivity contribution in [3.8, 4) is 11.5 Å². The molecule has 2 heterocycles. The lowest BCUT2D eigenvalue weighted by atomic mass is 10.4. The summed E-state index contributed by atoms with van der Waals surface area (Å²) >= 11 is 5.54. The first kappa shape index (κ1) is 14.9. The third-order valence-corrected chi connectivity index (χ3v) is 5.62. The van der Waals surface area contributed by atoms with Gasteiger partial charge >= 0.3 is 0 Å². The maximum Gasteiger partial charge on any atom is 0.287 e. The molecule has 0 aliphatic heterocycles. The monoisotopic (exact) mass is 308 g/mol. The highest BCUT2D eigenvalue weighted by molar-refractivity contribution is 8.10. The minimum absolute atomic E-state index is 0.629. The fourth-order valence-corrected chi connectivity index (χ4v) is 3.16. The number of nitrogens with zero attached hydrogens (tertiary/aromatic N) is 2. The van der Waals surface area contributed by atoms with Gasteiger partial charge in [-0.25, -0.2) is 0 Å². The van der Waals surface area contributed by atoms with Crippen LogP contribution in [-0.4, -0.2) is 16.1 Å². The molecule has 0 radical (unpaired) electrons. The van der Waals surface area contributed by atoms with Gasteiger partial charge in [-0.05, 0) is 49.9 Å². The van der Waals surface area contributed by atoms with Gasteiger partial charge in [-0.3, -0.25) is 9.97 Å². The van der Waals surface area contributed by atoms with E-state index in [9.17, 15) is 0 Å². The van der Waals surface area contributed by atoms with Crippen molar-refractivity contribution in [2.75, 3.05) is 6.16 Å². The summed E-state index contributed by atoms with van der Waals surface area (Å²) in [7, 11) is 0. The van der Waals surface area contributed by atoms with Crippen LogP contribution in [0.2, 0.25) is 0 Å². The molecule has 2 rings (SSSR count). The summed E-state index contributed by atoms with van der Waals surface area (Å²) in [5, 5.41) is 0. The Bertz CT molecular complexity index is 563. The zero-order chi connectivity index (χ0) is 14.6. The summed E-state index contributed by atoms with van der Waals surface area (Å²) in [6.07, 6.45) is 3.97. The first-order chi connectivity index (χ1) is 9.50. The van der Waals surface area contributed by atoms with Crippen LogP contribution in [0.25, 0.3) is 0 Å². The van der Waals surface area contributed by atoms with Gasteiger partial charge < -0.3 is 9.05 Å². The van der Waals surface area contributed by atoms with Crippen LogP contribution in [0, 0.1) is 13.8 Å². The van der Waals surface area contributed by atoms with Crippen molar-refractivity contribution < 1.29 is 9.05 Å². The Morgan fingerprint density at radius 2 is 1.40 bits per heavy atom. The van der Waals surface area contributed by atoms with Crippen LogP contribution in [0.1, 0.15) is 18.3 Å². The molecule has 6 heteroatoms. The zero-order valence-corrected chi connectivity index (χ0v) is 13.4. The number of hydrogen-bond acceptors (Lipinski definition) is 5. The average molecular weight is 308 g/mol. The van der Waals surface area contributed by atoms with Gasteiger partial charge in [-0.2, -0.15) is 0 Å². The predicted octanol–water partition coefficient (Wildman–Crippen LogP) is 3.88. The Kier molecular flexibility index (Phi) is 4.73. The first-order valence-electron chi connectivity index (χ1n) is 6.34. The third-order valence-electron chi connectivity index (χ3n) is 2.64. The molecule has 0 spiro atoms. The molecule has 20 heavy (non-hydrogen) atoms. The number of hydrogen-bond donors (Lipinski definition) is 0. The van der Waals surface area contributed by atoms with Gasteiger partial charge in [0.1, 0.15) is 11.5 Å². The number of aromatic nitrogens is 2. The summed E-state index contributed by atoms with van der Waals surface area (Å²) in [5.41, 5.74) is 1.87. The van der Waals surface area contributed by atoms with Crippen LogP contribution >= 0.6 is 6.49 Å². The maximum atomic E-state index is 5.85. The standard InChI is InChI=1S/C14H17N2O2PS/c1-4-19(20,17-13-7-5-11(2)15-9-13)18-14-8-6-12(3)16-10-14/h5-10H,4H2,1-3H3. The molecule has 0 atom stereocenters. The van der Waals surface area contributed by atoms with E-state index in [1.165, 1.54) is 0 Å². The van der Waals surface area contributed by atoms with Crippen LogP contribution in [0.4, 0.5) is 0 Å². The van der Waals surface area contributed by atoms with Gasteiger partial charge in [0.25, 0.3) is 6.49 Å². The topological polar surface area (TPSA) is 44.2 Å². The highest BCUT2D eigenvalue weighted by atomic mass is 32.5. The minimum Gasteiger partial charge on any atom is -0.434 e. The molecule has 0 saturated carbocycles. The van der Waals surface area contributed by atoms with Crippen LogP contribution in [0.15, 0.2) is 36.7 Å². The first-order valence-corrected chi connectivity index (χ1v) is 9.16. The lowest BCUT2D eigenvalue weighted by molar-refractivity contribution is 0.484. The van der Waals surface area contributed by atoms with Crippen molar-refractivity contribution >= 4 is 18.3 Å². The molecular formula is C14H17N2O2PS. The Morgan fingerprint density at radius 1 is 0.950 bits per heavy atom. The van der Waals surface area contributed by atoms with Crippen molar-refractivity contribution in [2.45, 2.75) is 20.8 Å². The Hall–Kier alpha value is -1.45. The molecule has 0 aliphatic carbocycles. The second-order valence-electron chi connectivity index (χ2n) is 4.38. The second kappa shape index (κ2) is 6.33. The van der Waals surface area contributed by atoms with Crippen molar-refractivity contribution in [3.05, 3.63) is 48.0 Å². The molecule has 2 aromatic rings. The van der Waals surface area contributed by atoms with E-state index >= 15 is 0 Å². The van der Waals surface area contributed by atoms with Crippen molar-refractivity contribution in [2.24, 2.45) is 0 Å². The van der Waals surface area contributed by atoms with E-state index in [2.05, 4.69) is 9.97 Å². The van der Waals surface area contributed by atoms with Crippen LogP contribution in [-0.2, 0) is 11.8 Å². The molecule has 4 nitrogen and oxygen atoms in total. The largest absolute Gasteiger partial charge is 0.434 e. The average Bonchev–Trinajstić information content (AvgIpc) is 2.44. The molecule has 0 bridgehead atoms. The molecule has 0 aliphatic rings. The van der Waals surface area contributed by atoms with Crippen molar-refractivity contribution in [1.29, 1.82) is 0 Å². The lowest BCUT2D eigenvalue weighted by Gasteiger charge is -2.22. The normalized spacial score (nSPS) is 11.2. The maximum absolute atomic E-state index is 5.85. The van der Waals surface area contributed by atoms with Gasteiger partial charge in [0.05, 0.1) is 12.4 Å². The summed E-state index contributed by atoms with van der Waals surface area (Å²) in [6.45, 7) is 3.39. The fourth-order valence-electron chi connectivity index (χ4n) is 1.49. The Balaban J connectivity index is 2.14. The molecule has 2 aromatic heterocycles. The summed E-state index contributed by atoms with van der Waals surface area (Å²) in [5.74, 6) is 1.28. The Morgan fingerprint density at radius 3 is 1.70 bits per heavy atom. The molecule has 106 valence electrons. The smallest absolute Gasteiger partial charge is 0.287 e. The predicted molar refractivity (Wildman–Crippen MR) is 84.0 cm³/mol. The van der Waals surface area contributed by atoms with E-state index in [0.29, 0.717) is 17.7 Å². The molecule has 0 fully saturated rings. The van der Waals surface area contributed by atoms with Crippen LogP contribution in [0.3, 0.4) is 0 Å². The molecule has 0 saturated heterocycles. The van der Waals surface area contributed by atoms with E-state index in [1.807, 2.05) is 45.0 Å². The number of aryl methyl sites for hydroxylation is 2. The molecule has 0 unspecified atom stereocenters. The van der Waals surface area contributed by atoms with Gasteiger partial charge in [0, 0.05) is 17.5 Å². The second-order valence-corrected chi connectivity index (χ2v) is 8.27. The summed E-state index contributed by atoms with van der Waals surface area (Å²) < 4.78 is 11.7. The number of rotatable bonds is 5. The van der Waals surface area contributed by atoms with Gasteiger partial charge in [0.15, 0.2) is 0 Å². The fraction of sp³-hybridized carbons (Fsp3) is 0.286. The van der Waals surface area contributed by atoms with Gasteiger partial charge in [-0.1, -0.05) is 6.92 Å². The highest BCUT2D eigenvalue weighted by Crippen LogP contribution is 2.48. The quantitative estimate of drug-likeness (QED) is 0.784. The molecule has 0 aromatic carbocycles. The van der Waals surface area contributed by atoms with Crippen molar-refractivity contribution in [3.63, 3.8) is 0 Å². The molecular weight excluding hydrogens is 291 g/mol. The van der Waals surface area contributed by atoms with Crippen LogP contribution < -0.4 is 9.05 Å². The highest BCUT2D eigenvalue weighted by Gasteiger charge is 2.20. The van der Waals surface area contributed by atoms with E-state index in [0.717, 1.165) is 11.4 Å². The minimum atomic E-state index is -2.42. The molecule has 0 amide bonds. The van der Waals surface area contributed by atoms with Crippen molar-refractivity contribution in [1.82, 2.24) is 9.97 Å². The lowest BCUT2D eigenvalue weighted by Crippen LogP contribution is -2.03.